The van der Waals surface area contributed by atoms with Crippen LogP contribution in [0, 0.1) is 0 Å². The lowest BCUT2D eigenvalue weighted by atomic mass is 9.96. The summed E-state index contributed by atoms with van der Waals surface area (Å²) < 4.78 is 7.17. The van der Waals surface area contributed by atoms with Gasteiger partial charge in [0.1, 0.15) is 0 Å². The number of nitrogens with zero attached hydrogens (tertiary/aromatic N) is 5. The van der Waals surface area contributed by atoms with Gasteiger partial charge in [-0.15, -0.1) is 0 Å². The van der Waals surface area contributed by atoms with Gasteiger partial charge in [0.25, 0.3) is 5.91 Å². The Labute approximate surface area is 152 Å². The zero-order valence-corrected chi connectivity index (χ0v) is 15.0. The molecule has 1 amide bonds. The van der Waals surface area contributed by atoms with E-state index in [1.54, 1.807) is 17.0 Å². The molecule has 0 radical (unpaired) electrons. The SMILES string of the molecule is Cn1ccnc1C(=O)NC1CCN(c2nccc(C3CCOCC3)n2)C1. The maximum atomic E-state index is 12.3. The van der Waals surface area contributed by atoms with Crippen LogP contribution in [-0.4, -0.2) is 57.8 Å². The Morgan fingerprint density at radius 1 is 1.23 bits per heavy atom. The summed E-state index contributed by atoms with van der Waals surface area (Å²) in [6.07, 6.45) is 8.14. The molecular weight excluding hydrogens is 332 g/mol. The van der Waals surface area contributed by atoms with E-state index in [2.05, 4.69) is 20.2 Å². The van der Waals surface area contributed by atoms with Crippen LogP contribution in [0.2, 0.25) is 0 Å². The van der Waals surface area contributed by atoms with Crippen molar-refractivity contribution < 1.29 is 9.53 Å². The van der Waals surface area contributed by atoms with Crippen LogP contribution in [0.4, 0.5) is 5.95 Å². The van der Waals surface area contributed by atoms with Gasteiger partial charge in [-0.25, -0.2) is 15.0 Å². The van der Waals surface area contributed by atoms with E-state index in [0.717, 1.165) is 50.7 Å². The van der Waals surface area contributed by atoms with E-state index < -0.39 is 0 Å². The number of nitrogens with one attached hydrogen (secondary N) is 1. The van der Waals surface area contributed by atoms with Crippen LogP contribution in [0.5, 0.6) is 0 Å². The Hall–Kier alpha value is -2.48. The smallest absolute Gasteiger partial charge is 0.287 e. The molecule has 2 aromatic heterocycles. The number of rotatable bonds is 4. The molecule has 2 aromatic rings. The van der Waals surface area contributed by atoms with Gasteiger partial charge in [-0.1, -0.05) is 0 Å². The van der Waals surface area contributed by atoms with E-state index in [1.165, 1.54) is 0 Å². The number of anilines is 1. The zero-order valence-electron chi connectivity index (χ0n) is 15.0. The van der Waals surface area contributed by atoms with Crippen LogP contribution in [-0.2, 0) is 11.8 Å². The van der Waals surface area contributed by atoms with Crippen molar-refractivity contribution in [2.45, 2.75) is 31.2 Å². The Morgan fingerprint density at radius 2 is 2.08 bits per heavy atom. The monoisotopic (exact) mass is 356 g/mol. The molecular formula is C18H24N6O2. The number of imidazole rings is 1. The van der Waals surface area contributed by atoms with Crippen molar-refractivity contribution in [2.24, 2.45) is 7.05 Å². The lowest BCUT2D eigenvalue weighted by molar-refractivity contribution is 0.0845. The highest BCUT2D eigenvalue weighted by molar-refractivity contribution is 5.91. The van der Waals surface area contributed by atoms with Gasteiger partial charge in [-0.2, -0.15) is 0 Å². The average Bonchev–Trinajstić information content (AvgIpc) is 3.31. The molecule has 0 bridgehead atoms. The predicted octanol–water partition coefficient (Wildman–Crippen LogP) is 1.11. The van der Waals surface area contributed by atoms with Gasteiger partial charge in [-0.05, 0) is 25.3 Å². The van der Waals surface area contributed by atoms with Crippen LogP contribution in [0.25, 0.3) is 0 Å². The van der Waals surface area contributed by atoms with Gasteiger partial charge >= 0.3 is 0 Å². The van der Waals surface area contributed by atoms with Crippen molar-refractivity contribution in [3.63, 3.8) is 0 Å². The molecule has 2 saturated heterocycles. The van der Waals surface area contributed by atoms with Gasteiger partial charge < -0.3 is 19.5 Å². The summed E-state index contributed by atoms with van der Waals surface area (Å²) in [5, 5.41) is 3.06. The quantitative estimate of drug-likeness (QED) is 0.883. The lowest BCUT2D eigenvalue weighted by Gasteiger charge is -2.23. The molecule has 0 saturated carbocycles. The van der Waals surface area contributed by atoms with Crippen molar-refractivity contribution in [1.29, 1.82) is 0 Å². The van der Waals surface area contributed by atoms with Crippen molar-refractivity contribution in [2.75, 3.05) is 31.2 Å². The normalized spacial score (nSPS) is 21.1. The third-order valence-electron chi connectivity index (χ3n) is 5.13. The summed E-state index contributed by atoms with van der Waals surface area (Å²) in [7, 11) is 1.82. The molecule has 8 nitrogen and oxygen atoms in total. The molecule has 1 N–H and O–H groups in total. The molecule has 2 aliphatic heterocycles. The fourth-order valence-corrected chi connectivity index (χ4v) is 3.63. The van der Waals surface area contributed by atoms with E-state index in [0.29, 0.717) is 18.3 Å². The topological polar surface area (TPSA) is 85.2 Å². The highest BCUT2D eigenvalue weighted by Crippen LogP contribution is 2.26. The Bertz CT molecular complexity index is 771. The first kappa shape index (κ1) is 17.0. The molecule has 1 atom stereocenters. The molecule has 8 heteroatoms. The van der Waals surface area contributed by atoms with Crippen LogP contribution >= 0.6 is 0 Å². The highest BCUT2D eigenvalue weighted by atomic mass is 16.5. The number of carbonyl (C=O) groups excluding carboxylic acids is 1. The maximum Gasteiger partial charge on any atom is 0.287 e. The van der Waals surface area contributed by atoms with Gasteiger partial charge in [0.2, 0.25) is 5.95 Å². The molecule has 0 aliphatic carbocycles. The van der Waals surface area contributed by atoms with Gasteiger partial charge in [0.15, 0.2) is 5.82 Å². The molecule has 0 aromatic carbocycles. The van der Waals surface area contributed by atoms with Crippen molar-refractivity contribution in [3.05, 3.63) is 36.2 Å². The number of ether oxygens (including phenoxy) is 1. The molecule has 138 valence electrons. The van der Waals surface area contributed by atoms with E-state index in [1.807, 2.05) is 19.3 Å². The fourth-order valence-electron chi connectivity index (χ4n) is 3.63. The summed E-state index contributed by atoms with van der Waals surface area (Å²) >= 11 is 0. The molecule has 1 unspecified atom stereocenters. The number of hydrogen-bond donors (Lipinski definition) is 1. The third-order valence-corrected chi connectivity index (χ3v) is 5.13. The molecule has 2 fully saturated rings. The largest absolute Gasteiger partial charge is 0.381 e. The van der Waals surface area contributed by atoms with E-state index in [4.69, 9.17) is 9.72 Å². The van der Waals surface area contributed by atoms with Gasteiger partial charge in [0.05, 0.1) is 0 Å². The summed E-state index contributed by atoms with van der Waals surface area (Å²) in [6, 6.07) is 2.09. The van der Waals surface area contributed by atoms with Crippen LogP contribution < -0.4 is 10.2 Å². The summed E-state index contributed by atoms with van der Waals surface area (Å²) in [6.45, 7) is 3.15. The van der Waals surface area contributed by atoms with Crippen molar-refractivity contribution in [1.82, 2.24) is 24.8 Å². The predicted molar refractivity (Wildman–Crippen MR) is 96.1 cm³/mol. The Morgan fingerprint density at radius 3 is 2.85 bits per heavy atom. The minimum Gasteiger partial charge on any atom is -0.381 e. The number of amides is 1. The van der Waals surface area contributed by atoms with Crippen molar-refractivity contribution >= 4 is 11.9 Å². The van der Waals surface area contributed by atoms with Gasteiger partial charge in [-0.3, -0.25) is 4.79 Å². The second-order valence-corrected chi connectivity index (χ2v) is 6.93. The molecule has 4 heterocycles. The summed E-state index contributed by atoms with van der Waals surface area (Å²) in [5.41, 5.74) is 1.10. The van der Waals surface area contributed by atoms with E-state index in [-0.39, 0.29) is 11.9 Å². The number of carbonyl (C=O) groups is 1. The first-order valence-electron chi connectivity index (χ1n) is 9.14. The average molecular weight is 356 g/mol. The van der Waals surface area contributed by atoms with Crippen LogP contribution in [0.3, 0.4) is 0 Å². The second kappa shape index (κ2) is 7.41. The summed E-state index contributed by atoms with van der Waals surface area (Å²) in [4.78, 5) is 27.8. The fraction of sp³-hybridized carbons (Fsp3) is 0.556. The number of hydrogen-bond acceptors (Lipinski definition) is 6. The van der Waals surface area contributed by atoms with E-state index in [9.17, 15) is 4.79 Å². The lowest BCUT2D eigenvalue weighted by Crippen LogP contribution is -2.38. The number of aryl methyl sites for hydroxylation is 1. The Kier molecular flexibility index (Phi) is 4.83. The molecule has 2 aliphatic rings. The van der Waals surface area contributed by atoms with E-state index >= 15 is 0 Å². The highest BCUT2D eigenvalue weighted by Gasteiger charge is 2.27. The first-order chi connectivity index (χ1) is 12.7. The van der Waals surface area contributed by atoms with Crippen molar-refractivity contribution in [3.8, 4) is 0 Å². The Balaban J connectivity index is 1.39. The zero-order chi connectivity index (χ0) is 17.9. The molecule has 26 heavy (non-hydrogen) atoms. The molecule has 4 rings (SSSR count). The minimum absolute atomic E-state index is 0.0783. The third kappa shape index (κ3) is 3.55. The minimum atomic E-state index is -0.138. The number of aromatic nitrogens is 4. The van der Waals surface area contributed by atoms with Crippen LogP contribution in [0.15, 0.2) is 24.7 Å². The second-order valence-electron chi connectivity index (χ2n) is 6.93. The van der Waals surface area contributed by atoms with Gasteiger partial charge in [0, 0.05) is 69.6 Å². The maximum absolute atomic E-state index is 12.3. The standard InChI is InChI=1S/C18H24N6O2/c1-23-9-7-19-16(23)17(25)21-14-3-8-24(12-14)18-20-6-2-15(22-18)13-4-10-26-11-5-13/h2,6-7,9,13-14H,3-5,8,10-12H2,1H3,(H,21,25). The van der Waals surface area contributed by atoms with Crippen LogP contribution in [0.1, 0.15) is 41.5 Å². The molecule has 0 spiro atoms. The summed E-state index contributed by atoms with van der Waals surface area (Å²) in [5.74, 6) is 1.50. The first-order valence-corrected chi connectivity index (χ1v) is 9.14.